The molecule has 1 amide bonds. The Kier molecular flexibility index (Phi) is 3.19. The molecule has 4 nitrogen and oxygen atoms in total. The third-order valence-electron chi connectivity index (χ3n) is 2.88. The number of nitrogens with one attached hydrogen (secondary N) is 1. The lowest BCUT2D eigenvalue weighted by Crippen LogP contribution is -2.38. The SMILES string of the molecule is Cc1cc(C(=O)NCC(N)C2CC2)ccn1. The molecule has 0 saturated heterocycles. The van der Waals surface area contributed by atoms with Crippen molar-refractivity contribution in [3.05, 3.63) is 29.6 Å². The van der Waals surface area contributed by atoms with Gasteiger partial charge in [-0.05, 0) is 37.8 Å². The Balaban J connectivity index is 1.87. The van der Waals surface area contributed by atoms with E-state index in [9.17, 15) is 4.79 Å². The highest BCUT2D eigenvalue weighted by molar-refractivity contribution is 5.94. The topological polar surface area (TPSA) is 68.0 Å². The molecule has 3 N–H and O–H groups in total. The molecule has 1 aliphatic carbocycles. The lowest BCUT2D eigenvalue weighted by molar-refractivity contribution is 0.0950. The molecule has 0 spiro atoms. The molecule has 0 radical (unpaired) electrons. The Labute approximate surface area is 95.3 Å². The van der Waals surface area contributed by atoms with Crippen LogP contribution < -0.4 is 11.1 Å². The molecule has 1 aliphatic rings. The second kappa shape index (κ2) is 4.61. The van der Waals surface area contributed by atoms with Crippen molar-refractivity contribution in [2.45, 2.75) is 25.8 Å². The van der Waals surface area contributed by atoms with Gasteiger partial charge in [-0.1, -0.05) is 0 Å². The number of aryl methyl sites for hydroxylation is 1. The largest absolute Gasteiger partial charge is 0.350 e. The summed E-state index contributed by atoms with van der Waals surface area (Å²) in [5, 5.41) is 2.86. The Morgan fingerprint density at radius 2 is 2.44 bits per heavy atom. The number of rotatable bonds is 4. The third-order valence-corrected chi connectivity index (χ3v) is 2.88. The van der Waals surface area contributed by atoms with E-state index in [1.54, 1.807) is 18.3 Å². The van der Waals surface area contributed by atoms with E-state index in [-0.39, 0.29) is 11.9 Å². The van der Waals surface area contributed by atoms with E-state index < -0.39 is 0 Å². The summed E-state index contributed by atoms with van der Waals surface area (Å²) in [6.07, 6.45) is 4.04. The summed E-state index contributed by atoms with van der Waals surface area (Å²) in [7, 11) is 0. The number of aromatic nitrogens is 1. The van der Waals surface area contributed by atoms with E-state index in [1.807, 2.05) is 6.92 Å². The number of pyridine rings is 1. The van der Waals surface area contributed by atoms with Crippen LogP contribution in [0.5, 0.6) is 0 Å². The Morgan fingerprint density at radius 3 is 3.06 bits per heavy atom. The van der Waals surface area contributed by atoms with Gasteiger partial charge in [0, 0.05) is 30.0 Å². The van der Waals surface area contributed by atoms with E-state index in [0.717, 1.165) is 5.69 Å². The molecular weight excluding hydrogens is 202 g/mol. The molecule has 4 heteroatoms. The second-order valence-corrected chi connectivity index (χ2v) is 4.40. The van der Waals surface area contributed by atoms with Gasteiger partial charge < -0.3 is 11.1 Å². The van der Waals surface area contributed by atoms with Crippen molar-refractivity contribution in [3.8, 4) is 0 Å². The van der Waals surface area contributed by atoms with Gasteiger partial charge in [0.25, 0.3) is 5.91 Å². The van der Waals surface area contributed by atoms with Crippen LogP contribution in [-0.4, -0.2) is 23.5 Å². The summed E-state index contributed by atoms with van der Waals surface area (Å²) in [6.45, 7) is 2.43. The number of hydrogen-bond acceptors (Lipinski definition) is 3. The van der Waals surface area contributed by atoms with Crippen LogP contribution in [0.3, 0.4) is 0 Å². The molecule has 1 aromatic heterocycles. The Hall–Kier alpha value is -1.42. The van der Waals surface area contributed by atoms with Crippen LogP contribution in [0.2, 0.25) is 0 Å². The van der Waals surface area contributed by atoms with Crippen molar-refractivity contribution >= 4 is 5.91 Å². The smallest absolute Gasteiger partial charge is 0.251 e. The quantitative estimate of drug-likeness (QED) is 0.789. The van der Waals surface area contributed by atoms with Crippen LogP contribution in [0.25, 0.3) is 0 Å². The van der Waals surface area contributed by atoms with E-state index in [2.05, 4.69) is 10.3 Å². The fourth-order valence-electron chi connectivity index (χ4n) is 1.69. The average molecular weight is 219 g/mol. The lowest BCUT2D eigenvalue weighted by atomic mass is 10.2. The maximum atomic E-state index is 11.7. The van der Waals surface area contributed by atoms with Crippen LogP contribution >= 0.6 is 0 Å². The first-order valence-corrected chi connectivity index (χ1v) is 5.63. The number of carbonyl (C=O) groups is 1. The zero-order valence-electron chi connectivity index (χ0n) is 9.44. The zero-order chi connectivity index (χ0) is 11.5. The predicted octanol–water partition coefficient (Wildman–Crippen LogP) is 0.857. The fourth-order valence-corrected chi connectivity index (χ4v) is 1.69. The molecule has 1 fully saturated rings. The Morgan fingerprint density at radius 1 is 1.69 bits per heavy atom. The molecule has 16 heavy (non-hydrogen) atoms. The molecule has 1 heterocycles. The number of carbonyl (C=O) groups excluding carboxylic acids is 1. The number of nitrogens with zero attached hydrogens (tertiary/aromatic N) is 1. The first kappa shape index (κ1) is 11.1. The van der Waals surface area contributed by atoms with Crippen molar-refractivity contribution < 1.29 is 4.79 Å². The van der Waals surface area contributed by atoms with Crippen molar-refractivity contribution in [2.24, 2.45) is 11.7 Å². The minimum Gasteiger partial charge on any atom is -0.350 e. The first-order chi connectivity index (χ1) is 7.66. The van der Waals surface area contributed by atoms with Crippen LogP contribution in [-0.2, 0) is 0 Å². The van der Waals surface area contributed by atoms with Gasteiger partial charge in [-0.3, -0.25) is 9.78 Å². The standard InChI is InChI=1S/C12H17N3O/c1-8-6-10(4-5-14-8)12(16)15-7-11(13)9-2-3-9/h4-6,9,11H,2-3,7,13H2,1H3,(H,15,16). The maximum Gasteiger partial charge on any atom is 0.251 e. The number of nitrogens with two attached hydrogens (primary N) is 1. The van der Waals surface area contributed by atoms with Crippen molar-refractivity contribution in [2.75, 3.05) is 6.54 Å². The van der Waals surface area contributed by atoms with E-state index in [0.29, 0.717) is 18.0 Å². The number of hydrogen-bond donors (Lipinski definition) is 2. The molecule has 1 saturated carbocycles. The predicted molar refractivity (Wildman–Crippen MR) is 62.0 cm³/mol. The summed E-state index contributed by atoms with van der Waals surface area (Å²) in [5.74, 6) is 0.543. The molecule has 0 aromatic carbocycles. The summed E-state index contributed by atoms with van der Waals surface area (Å²) >= 11 is 0. The summed E-state index contributed by atoms with van der Waals surface area (Å²) in [4.78, 5) is 15.8. The normalized spacial score (nSPS) is 16.9. The summed E-state index contributed by atoms with van der Waals surface area (Å²) < 4.78 is 0. The van der Waals surface area contributed by atoms with Crippen molar-refractivity contribution in [3.63, 3.8) is 0 Å². The Bertz CT molecular complexity index is 388. The fraction of sp³-hybridized carbons (Fsp3) is 0.500. The zero-order valence-corrected chi connectivity index (χ0v) is 9.44. The van der Waals surface area contributed by atoms with Gasteiger partial charge in [-0.2, -0.15) is 0 Å². The van der Waals surface area contributed by atoms with Gasteiger partial charge in [-0.25, -0.2) is 0 Å². The molecule has 1 unspecified atom stereocenters. The molecule has 1 atom stereocenters. The lowest BCUT2D eigenvalue weighted by Gasteiger charge is -2.11. The van der Waals surface area contributed by atoms with Crippen LogP contribution in [0, 0.1) is 12.8 Å². The minimum absolute atomic E-state index is 0.0680. The molecular formula is C12H17N3O. The molecule has 86 valence electrons. The van der Waals surface area contributed by atoms with Gasteiger partial charge in [0.15, 0.2) is 0 Å². The highest BCUT2D eigenvalue weighted by atomic mass is 16.1. The second-order valence-electron chi connectivity index (χ2n) is 4.40. The van der Waals surface area contributed by atoms with Gasteiger partial charge >= 0.3 is 0 Å². The molecule has 0 aliphatic heterocycles. The van der Waals surface area contributed by atoms with Crippen molar-refractivity contribution in [1.82, 2.24) is 10.3 Å². The molecule has 0 bridgehead atoms. The van der Waals surface area contributed by atoms with E-state index in [4.69, 9.17) is 5.73 Å². The van der Waals surface area contributed by atoms with Crippen LogP contribution in [0.4, 0.5) is 0 Å². The summed E-state index contributed by atoms with van der Waals surface area (Å²) in [5.41, 5.74) is 7.40. The van der Waals surface area contributed by atoms with Crippen LogP contribution in [0.15, 0.2) is 18.3 Å². The average Bonchev–Trinajstić information content (AvgIpc) is 3.09. The summed E-state index contributed by atoms with van der Waals surface area (Å²) in [6, 6.07) is 3.59. The van der Waals surface area contributed by atoms with Gasteiger partial charge in [0.1, 0.15) is 0 Å². The first-order valence-electron chi connectivity index (χ1n) is 5.63. The van der Waals surface area contributed by atoms with Gasteiger partial charge in [0.05, 0.1) is 0 Å². The minimum atomic E-state index is -0.0680. The number of amides is 1. The molecule has 1 aromatic rings. The van der Waals surface area contributed by atoms with E-state index >= 15 is 0 Å². The monoisotopic (exact) mass is 219 g/mol. The maximum absolute atomic E-state index is 11.7. The highest BCUT2D eigenvalue weighted by Gasteiger charge is 2.28. The van der Waals surface area contributed by atoms with E-state index in [1.165, 1.54) is 12.8 Å². The molecule has 2 rings (SSSR count). The van der Waals surface area contributed by atoms with Gasteiger partial charge in [0.2, 0.25) is 0 Å². The highest BCUT2D eigenvalue weighted by Crippen LogP contribution is 2.31. The third kappa shape index (κ3) is 2.79. The van der Waals surface area contributed by atoms with Gasteiger partial charge in [-0.15, -0.1) is 0 Å². The van der Waals surface area contributed by atoms with Crippen molar-refractivity contribution in [1.29, 1.82) is 0 Å². The van der Waals surface area contributed by atoms with Crippen LogP contribution in [0.1, 0.15) is 28.9 Å².